The van der Waals surface area contributed by atoms with E-state index >= 15 is 4.39 Å². The first-order valence-electron chi connectivity index (χ1n) is 12.9. The fourth-order valence-corrected chi connectivity index (χ4v) is 6.89. The summed E-state index contributed by atoms with van der Waals surface area (Å²) in [6.45, 7) is -0.663. The van der Waals surface area contributed by atoms with Crippen molar-refractivity contribution >= 4 is 46.8 Å². The molecule has 1 saturated heterocycles. The Bertz CT molecular complexity index is 1650. The molecular weight excluding hydrogens is 638 g/mol. The van der Waals surface area contributed by atoms with Crippen LogP contribution in [-0.2, 0) is 30.6 Å². The van der Waals surface area contributed by atoms with E-state index in [1.165, 1.54) is 6.92 Å². The number of carbonyl (C=O) groups is 1. The number of halogens is 4. The quantitative estimate of drug-likeness (QED) is 0.205. The summed E-state index contributed by atoms with van der Waals surface area (Å²) in [6.07, 6.45) is -10.6. The molecule has 1 aliphatic rings. The molecule has 2 aromatic carbocycles. The summed E-state index contributed by atoms with van der Waals surface area (Å²) in [7, 11) is 0. The molecular formula is C26H28ClF3N3O8PS. The van der Waals surface area contributed by atoms with Gasteiger partial charge in [-0.15, -0.1) is 0 Å². The monoisotopic (exact) mass is 665 g/mol. The Morgan fingerprint density at radius 2 is 1.91 bits per heavy atom. The number of aliphatic hydroxyl groups is 1. The molecule has 1 fully saturated rings. The van der Waals surface area contributed by atoms with Crippen LogP contribution in [0.25, 0.3) is 10.8 Å². The smallest absolute Gasteiger partial charge is 0.330 e. The normalized spacial score (nSPS) is 24.3. The van der Waals surface area contributed by atoms with Crippen LogP contribution >= 0.6 is 18.2 Å². The Balaban J connectivity index is 1.69. The zero-order valence-corrected chi connectivity index (χ0v) is 25.4. The Morgan fingerprint density at radius 1 is 1.23 bits per heavy atom. The highest BCUT2D eigenvalue weighted by Crippen LogP contribution is 2.51. The summed E-state index contributed by atoms with van der Waals surface area (Å²) in [5, 5.41) is 14.0. The number of aromatic nitrogens is 2. The fraction of sp³-hybridized carbons (Fsp3) is 0.423. The highest BCUT2D eigenvalue weighted by molar-refractivity contribution is 8.09. The van der Waals surface area contributed by atoms with Crippen LogP contribution in [0.3, 0.4) is 0 Å². The third-order valence-electron chi connectivity index (χ3n) is 6.45. The average molecular weight is 666 g/mol. The van der Waals surface area contributed by atoms with Crippen LogP contribution in [0.4, 0.5) is 13.2 Å². The van der Waals surface area contributed by atoms with Crippen molar-refractivity contribution in [3.63, 3.8) is 0 Å². The highest BCUT2D eigenvalue weighted by Gasteiger charge is 2.62. The molecule has 6 unspecified atom stereocenters. The van der Waals surface area contributed by atoms with Gasteiger partial charge in [0.2, 0.25) is 0 Å². The predicted molar refractivity (Wildman–Crippen MR) is 155 cm³/mol. The van der Waals surface area contributed by atoms with Gasteiger partial charge in [-0.25, -0.2) is 23.1 Å². The molecule has 43 heavy (non-hydrogen) atoms. The minimum Gasteiger partial charge on any atom is -0.462 e. The van der Waals surface area contributed by atoms with Gasteiger partial charge in [-0.1, -0.05) is 48.0 Å². The van der Waals surface area contributed by atoms with E-state index in [4.69, 9.17) is 41.9 Å². The number of carbonyl (C=O) groups excluding carboxylic acids is 1. The van der Waals surface area contributed by atoms with Crippen molar-refractivity contribution in [2.75, 3.05) is 6.61 Å². The number of alkyl halides is 3. The van der Waals surface area contributed by atoms with E-state index in [-0.39, 0.29) is 5.75 Å². The van der Waals surface area contributed by atoms with Gasteiger partial charge in [0.05, 0.1) is 12.7 Å². The van der Waals surface area contributed by atoms with Gasteiger partial charge >= 0.3 is 18.3 Å². The maximum Gasteiger partial charge on any atom is 0.330 e. The van der Waals surface area contributed by atoms with Crippen LogP contribution in [0.2, 0.25) is 5.02 Å². The third-order valence-corrected chi connectivity index (χ3v) is 9.19. The number of hydrogen-bond donors (Lipinski definition) is 3. The lowest BCUT2D eigenvalue weighted by atomic mass is 9.98. The molecule has 1 aliphatic heterocycles. The van der Waals surface area contributed by atoms with E-state index in [1.54, 1.807) is 56.3 Å². The molecule has 3 aromatic rings. The van der Waals surface area contributed by atoms with Gasteiger partial charge < -0.3 is 23.6 Å². The van der Waals surface area contributed by atoms with Crippen molar-refractivity contribution in [3.05, 3.63) is 74.5 Å². The summed E-state index contributed by atoms with van der Waals surface area (Å²) in [4.78, 5) is 38.4. The second-order valence-electron chi connectivity index (χ2n) is 9.98. The second kappa shape index (κ2) is 13.1. The molecule has 11 nitrogen and oxygen atoms in total. The number of aliphatic hydroxyl groups excluding tert-OH is 1. The van der Waals surface area contributed by atoms with Crippen LogP contribution in [0, 0.1) is 0 Å². The summed E-state index contributed by atoms with van der Waals surface area (Å²) in [6, 6.07) is 10.9. The van der Waals surface area contributed by atoms with Gasteiger partial charge in [0.1, 0.15) is 22.9 Å². The van der Waals surface area contributed by atoms with E-state index in [9.17, 15) is 28.3 Å². The lowest BCUT2D eigenvalue weighted by Gasteiger charge is -2.33. The minimum atomic E-state index is -4.01. The molecule has 2 heterocycles. The molecule has 0 spiro atoms. The molecule has 0 radical (unpaired) electrons. The van der Waals surface area contributed by atoms with Crippen LogP contribution in [0.15, 0.2) is 58.3 Å². The van der Waals surface area contributed by atoms with Crippen molar-refractivity contribution in [2.45, 2.75) is 63.4 Å². The minimum absolute atomic E-state index is 0.181. The first kappa shape index (κ1) is 33.1. The maximum atomic E-state index is 15.6. The number of esters is 1. The van der Waals surface area contributed by atoms with Gasteiger partial charge in [-0.2, -0.15) is 0 Å². The van der Waals surface area contributed by atoms with Crippen molar-refractivity contribution in [3.8, 4) is 5.75 Å². The number of nitrogens with one attached hydrogen (secondary N) is 2. The number of hydrogen-bond acceptors (Lipinski definition) is 9. The molecule has 6 atom stereocenters. The number of nitrogens with zero attached hydrogens (tertiary/aromatic N) is 1. The van der Waals surface area contributed by atoms with Gasteiger partial charge in [0, 0.05) is 11.6 Å². The topological polar surface area (TPSA) is 141 Å². The van der Waals surface area contributed by atoms with Crippen molar-refractivity contribution in [1.82, 2.24) is 14.6 Å². The van der Waals surface area contributed by atoms with Crippen LogP contribution in [0.1, 0.15) is 27.0 Å². The van der Waals surface area contributed by atoms with E-state index in [0.717, 1.165) is 11.6 Å². The summed E-state index contributed by atoms with van der Waals surface area (Å²) < 4.78 is 67.5. The predicted octanol–water partition coefficient (Wildman–Crippen LogP) is 3.82. The van der Waals surface area contributed by atoms with E-state index in [1.807, 2.05) is 4.98 Å². The van der Waals surface area contributed by atoms with Crippen LogP contribution in [-0.4, -0.2) is 63.7 Å². The van der Waals surface area contributed by atoms with Gasteiger partial charge in [-0.3, -0.25) is 19.1 Å². The summed E-state index contributed by atoms with van der Waals surface area (Å²) in [5.74, 6) is -0.566. The first-order valence-corrected chi connectivity index (χ1v) is 15.9. The number of benzene rings is 2. The molecule has 4 rings (SSSR count). The highest BCUT2D eigenvalue weighted by atomic mass is 35.5. The Hall–Kier alpha value is -2.78. The zero-order valence-electron chi connectivity index (χ0n) is 22.9. The summed E-state index contributed by atoms with van der Waals surface area (Å²) >= 11 is 11.4. The Morgan fingerprint density at radius 3 is 2.58 bits per heavy atom. The molecule has 0 saturated carbocycles. The average Bonchev–Trinajstić information content (AvgIpc) is 3.20. The lowest BCUT2D eigenvalue weighted by Crippen LogP contribution is -2.51. The molecule has 0 aliphatic carbocycles. The van der Waals surface area contributed by atoms with Gasteiger partial charge in [0.15, 0.2) is 18.0 Å². The van der Waals surface area contributed by atoms with E-state index in [2.05, 4.69) is 5.09 Å². The maximum absolute atomic E-state index is 15.6. The molecule has 17 heteroatoms. The molecule has 234 valence electrons. The second-order valence-corrected chi connectivity index (χ2v) is 13.5. The van der Waals surface area contributed by atoms with Crippen molar-refractivity contribution in [1.29, 1.82) is 0 Å². The number of fused-ring (bicyclic) bond motifs is 1. The lowest BCUT2D eigenvalue weighted by molar-refractivity contribution is -0.182. The number of ether oxygens (including phenoxy) is 2. The molecule has 3 N–H and O–H groups in total. The zero-order chi connectivity index (χ0) is 31.7. The van der Waals surface area contributed by atoms with Gasteiger partial charge in [0.25, 0.3) is 12.0 Å². The fourth-order valence-electron chi connectivity index (χ4n) is 4.32. The Kier molecular flexibility index (Phi) is 10.1. The molecule has 0 amide bonds. The van der Waals surface area contributed by atoms with E-state index in [0.29, 0.717) is 9.95 Å². The third kappa shape index (κ3) is 6.98. The van der Waals surface area contributed by atoms with Crippen LogP contribution < -0.4 is 20.9 Å². The first-order chi connectivity index (χ1) is 20.2. The van der Waals surface area contributed by atoms with Crippen molar-refractivity contribution < 1.29 is 41.6 Å². The number of aromatic amines is 1. The molecule has 0 bridgehead atoms. The SMILES string of the molecule is CC(C)OC(=O)C(C)NP(=S)(OCC1(C(F)F)OC(n2cc(Cl)c(=O)[nH]c2=O)C(O)C1F)Oc1cccc2ccccc12. The van der Waals surface area contributed by atoms with Crippen molar-refractivity contribution in [2.24, 2.45) is 0 Å². The largest absolute Gasteiger partial charge is 0.462 e. The number of H-pyrrole nitrogens is 1. The summed E-state index contributed by atoms with van der Waals surface area (Å²) in [5.41, 5.74) is -5.35. The molecule has 1 aromatic heterocycles. The Labute approximate surface area is 253 Å². The van der Waals surface area contributed by atoms with E-state index < -0.39 is 78.2 Å². The van der Waals surface area contributed by atoms with Gasteiger partial charge in [-0.05, 0) is 44.0 Å². The standard InChI is InChI=1S/C26H28ClF3N3O8PS/c1-13(2)39-23(36)14(3)32-42(43,41-18-10-6-8-15-7-4-5-9-16(15)18)38-12-26(24(29)30)20(28)19(34)22(40-26)33-11-17(27)21(35)31-25(33)37/h4-11,13-14,19-20,22,24,34H,12H2,1-3H3,(H,32,43)(H,31,35,37). The van der Waals surface area contributed by atoms with Crippen LogP contribution in [0.5, 0.6) is 5.75 Å². The number of rotatable bonds is 11.